The smallest absolute Gasteiger partial charge is 0.252 e. The summed E-state index contributed by atoms with van der Waals surface area (Å²) in [4.78, 5) is 11.8. The van der Waals surface area contributed by atoms with Crippen molar-refractivity contribution < 1.29 is 15.0 Å². The predicted molar refractivity (Wildman–Crippen MR) is 104 cm³/mol. The molecule has 0 radical (unpaired) electrons. The van der Waals surface area contributed by atoms with Crippen LogP contribution >= 0.6 is 0 Å². The van der Waals surface area contributed by atoms with Crippen molar-refractivity contribution in [2.75, 3.05) is 0 Å². The Kier molecular flexibility index (Phi) is 4.05. The SMILES string of the molecule is NC(=O)c1ccc2c(c1O)[C@]13CCC(CC4CCC4)[C@H](C2)[C@@H]1CC[C@H](O)C3. The number of benzene rings is 1. The Morgan fingerprint density at radius 2 is 2.00 bits per heavy atom. The van der Waals surface area contributed by atoms with Crippen LogP contribution in [0, 0.1) is 23.7 Å². The van der Waals surface area contributed by atoms with E-state index in [9.17, 15) is 15.0 Å². The Hall–Kier alpha value is -1.55. The third-order valence-electron chi connectivity index (χ3n) is 8.55. The number of carbonyl (C=O) groups excluding carboxylic acids is 1. The number of aromatic hydroxyl groups is 1. The highest BCUT2D eigenvalue weighted by Gasteiger charge is 2.57. The summed E-state index contributed by atoms with van der Waals surface area (Å²) in [5.74, 6) is 2.38. The molecule has 4 N–H and O–H groups in total. The van der Waals surface area contributed by atoms with Gasteiger partial charge in [-0.3, -0.25) is 4.79 Å². The molecule has 0 aromatic heterocycles. The normalized spacial score (nSPS) is 37.8. The summed E-state index contributed by atoms with van der Waals surface area (Å²) in [6.07, 6.45) is 11.1. The first-order chi connectivity index (χ1) is 13.0. The van der Waals surface area contributed by atoms with E-state index < -0.39 is 5.91 Å². The molecule has 5 atom stereocenters. The van der Waals surface area contributed by atoms with Crippen LogP contribution in [0.4, 0.5) is 0 Å². The van der Waals surface area contributed by atoms with Gasteiger partial charge in [0.15, 0.2) is 0 Å². The summed E-state index contributed by atoms with van der Waals surface area (Å²) < 4.78 is 0. The number of hydrogen-bond donors (Lipinski definition) is 3. The van der Waals surface area contributed by atoms with Gasteiger partial charge in [-0.2, -0.15) is 0 Å². The molecule has 3 fully saturated rings. The van der Waals surface area contributed by atoms with Gasteiger partial charge in [0.2, 0.25) is 0 Å². The average molecular weight is 370 g/mol. The number of carbonyl (C=O) groups is 1. The summed E-state index contributed by atoms with van der Waals surface area (Å²) in [5.41, 5.74) is 7.71. The van der Waals surface area contributed by atoms with Crippen molar-refractivity contribution in [2.45, 2.75) is 75.7 Å². The Morgan fingerprint density at radius 3 is 2.70 bits per heavy atom. The Balaban J connectivity index is 1.60. The number of hydrogen-bond acceptors (Lipinski definition) is 3. The van der Waals surface area contributed by atoms with Crippen LogP contribution in [0.3, 0.4) is 0 Å². The van der Waals surface area contributed by atoms with Gasteiger partial charge in [0, 0.05) is 11.0 Å². The van der Waals surface area contributed by atoms with Gasteiger partial charge in [0.25, 0.3) is 5.91 Å². The Morgan fingerprint density at radius 1 is 1.19 bits per heavy atom. The van der Waals surface area contributed by atoms with Crippen LogP contribution in [-0.2, 0) is 11.8 Å². The fraction of sp³-hybridized carbons (Fsp3) is 0.696. The monoisotopic (exact) mass is 369 g/mol. The molecule has 0 saturated heterocycles. The van der Waals surface area contributed by atoms with Crippen molar-refractivity contribution in [1.29, 1.82) is 0 Å². The zero-order valence-corrected chi connectivity index (χ0v) is 16.0. The molecule has 4 aliphatic carbocycles. The van der Waals surface area contributed by atoms with Gasteiger partial charge in [0.05, 0.1) is 11.7 Å². The van der Waals surface area contributed by atoms with E-state index in [0.717, 1.165) is 43.1 Å². The summed E-state index contributed by atoms with van der Waals surface area (Å²) in [6.45, 7) is 0. The molecule has 4 nitrogen and oxygen atoms in total. The first-order valence-corrected chi connectivity index (χ1v) is 10.8. The second kappa shape index (κ2) is 6.23. The van der Waals surface area contributed by atoms with Gasteiger partial charge in [-0.25, -0.2) is 0 Å². The van der Waals surface area contributed by atoms with Crippen molar-refractivity contribution >= 4 is 5.91 Å². The van der Waals surface area contributed by atoms with Gasteiger partial charge in [-0.05, 0) is 80.2 Å². The average Bonchev–Trinajstić information content (AvgIpc) is 2.58. The minimum absolute atomic E-state index is 0.0926. The molecule has 27 heavy (non-hydrogen) atoms. The number of aliphatic hydroxyl groups is 1. The van der Waals surface area contributed by atoms with Crippen LogP contribution < -0.4 is 5.73 Å². The van der Waals surface area contributed by atoms with Crippen LogP contribution in [-0.4, -0.2) is 22.2 Å². The van der Waals surface area contributed by atoms with E-state index in [4.69, 9.17) is 5.73 Å². The van der Waals surface area contributed by atoms with E-state index in [2.05, 4.69) is 0 Å². The van der Waals surface area contributed by atoms with Crippen LogP contribution in [0.2, 0.25) is 0 Å². The molecule has 1 amide bonds. The van der Waals surface area contributed by atoms with Crippen molar-refractivity contribution in [3.8, 4) is 5.75 Å². The van der Waals surface area contributed by atoms with E-state index in [1.165, 1.54) is 37.7 Å². The summed E-state index contributed by atoms with van der Waals surface area (Å²) in [6, 6.07) is 3.72. The minimum Gasteiger partial charge on any atom is -0.507 e. The van der Waals surface area contributed by atoms with Crippen molar-refractivity contribution in [1.82, 2.24) is 0 Å². The Bertz CT molecular complexity index is 771. The maximum atomic E-state index is 11.8. The number of aliphatic hydroxyl groups excluding tert-OH is 1. The fourth-order valence-electron chi connectivity index (χ4n) is 7.20. The minimum atomic E-state index is -0.569. The van der Waals surface area contributed by atoms with E-state index in [0.29, 0.717) is 18.3 Å². The maximum Gasteiger partial charge on any atom is 0.252 e. The first-order valence-electron chi connectivity index (χ1n) is 10.8. The lowest BCUT2D eigenvalue weighted by molar-refractivity contribution is -0.0441. The van der Waals surface area contributed by atoms with E-state index in [1.54, 1.807) is 6.07 Å². The van der Waals surface area contributed by atoms with Crippen LogP contribution in [0.25, 0.3) is 0 Å². The molecule has 0 heterocycles. The standard InChI is InChI=1S/C23H31NO3/c24-22(27)17-6-4-15-11-18-14(10-13-2-1-3-13)8-9-23(20(15)21(17)26)12-16(25)5-7-19(18)23/h4,6,13-14,16,18-19,25-26H,1-3,5,7-12H2,(H2,24,27)/t14?,16-,18-,19-,23-/m0/s1. The molecular formula is C23H31NO3. The lowest BCUT2D eigenvalue weighted by atomic mass is 9.45. The third-order valence-corrected chi connectivity index (χ3v) is 8.55. The molecule has 4 heteroatoms. The quantitative estimate of drug-likeness (QED) is 0.760. The molecule has 1 unspecified atom stereocenters. The molecule has 3 saturated carbocycles. The van der Waals surface area contributed by atoms with E-state index in [1.807, 2.05) is 6.07 Å². The number of nitrogens with two attached hydrogens (primary N) is 1. The predicted octanol–water partition coefficient (Wildman–Crippen LogP) is 3.66. The van der Waals surface area contributed by atoms with Crippen LogP contribution in [0.1, 0.15) is 79.3 Å². The third kappa shape index (κ3) is 2.55. The van der Waals surface area contributed by atoms with Crippen molar-refractivity contribution in [3.63, 3.8) is 0 Å². The molecule has 1 aromatic rings. The summed E-state index contributed by atoms with van der Waals surface area (Å²) >= 11 is 0. The summed E-state index contributed by atoms with van der Waals surface area (Å²) in [7, 11) is 0. The fourth-order valence-corrected chi connectivity index (χ4v) is 7.20. The molecular weight excluding hydrogens is 338 g/mol. The van der Waals surface area contributed by atoms with E-state index >= 15 is 0 Å². The second-order valence-corrected chi connectivity index (χ2v) is 9.76. The van der Waals surface area contributed by atoms with Gasteiger partial charge >= 0.3 is 0 Å². The zero-order valence-electron chi connectivity index (χ0n) is 16.0. The highest BCUT2D eigenvalue weighted by atomic mass is 16.3. The van der Waals surface area contributed by atoms with Gasteiger partial charge in [0.1, 0.15) is 5.75 Å². The number of rotatable bonds is 3. The molecule has 1 aromatic carbocycles. The highest BCUT2D eigenvalue weighted by Crippen LogP contribution is 2.63. The molecule has 4 aliphatic rings. The topological polar surface area (TPSA) is 83.6 Å². The maximum absolute atomic E-state index is 11.8. The second-order valence-electron chi connectivity index (χ2n) is 9.76. The van der Waals surface area contributed by atoms with E-state index in [-0.39, 0.29) is 22.8 Å². The highest BCUT2D eigenvalue weighted by molar-refractivity contribution is 5.96. The molecule has 5 rings (SSSR count). The van der Waals surface area contributed by atoms with Gasteiger partial charge < -0.3 is 15.9 Å². The lowest BCUT2D eigenvalue weighted by Crippen LogP contribution is -2.55. The molecule has 0 aliphatic heterocycles. The largest absolute Gasteiger partial charge is 0.507 e. The summed E-state index contributed by atoms with van der Waals surface area (Å²) in [5, 5.41) is 21.5. The number of amides is 1. The Labute approximate surface area is 161 Å². The number of fused-ring (bicyclic) bond motifs is 1. The molecule has 0 spiro atoms. The van der Waals surface area contributed by atoms with Crippen LogP contribution in [0.15, 0.2) is 12.1 Å². The zero-order chi connectivity index (χ0) is 18.8. The lowest BCUT2D eigenvalue weighted by Gasteiger charge is -2.59. The van der Waals surface area contributed by atoms with Gasteiger partial charge in [-0.15, -0.1) is 0 Å². The number of primary amides is 1. The van der Waals surface area contributed by atoms with Crippen molar-refractivity contribution in [2.24, 2.45) is 29.4 Å². The molecule has 146 valence electrons. The molecule has 2 bridgehead atoms. The van der Waals surface area contributed by atoms with Gasteiger partial charge in [-0.1, -0.05) is 25.3 Å². The van der Waals surface area contributed by atoms with Crippen molar-refractivity contribution in [3.05, 3.63) is 28.8 Å². The first kappa shape index (κ1) is 17.5. The number of phenols is 1. The van der Waals surface area contributed by atoms with Crippen LogP contribution in [0.5, 0.6) is 5.75 Å².